The van der Waals surface area contributed by atoms with E-state index < -0.39 is 0 Å². The van der Waals surface area contributed by atoms with Gasteiger partial charge >= 0.3 is 0 Å². The number of nitrogens with zero attached hydrogens (tertiary/aromatic N) is 4. The highest BCUT2D eigenvalue weighted by molar-refractivity contribution is 5.78. The van der Waals surface area contributed by atoms with Crippen molar-refractivity contribution in [3.8, 4) is 0 Å². The molecule has 0 atom stereocenters. The summed E-state index contributed by atoms with van der Waals surface area (Å²) in [5.41, 5.74) is 2.93. The molecule has 0 bridgehead atoms. The molecule has 0 aliphatic heterocycles. The lowest BCUT2D eigenvalue weighted by Gasteiger charge is -2.03. The van der Waals surface area contributed by atoms with Crippen molar-refractivity contribution in [2.75, 3.05) is 0 Å². The standard InChI is InChI=1S/C19H18N4O2/c1-13-4-3-5-14(10-13)11-16-20-17(25-21-16)12-23-9-7-15-6-8-22(2)18(15)19(23)24/h3-10H,11-12H2,1-2H3. The molecule has 0 spiro atoms. The summed E-state index contributed by atoms with van der Waals surface area (Å²) in [6.07, 6.45) is 4.25. The smallest absolute Gasteiger partial charge is 0.275 e. The van der Waals surface area contributed by atoms with Crippen LogP contribution in [0.25, 0.3) is 10.9 Å². The topological polar surface area (TPSA) is 65.8 Å². The second kappa shape index (κ2) is 6.05. The number of benzene rings is 1. The van der Waals surface area contributed by atoms with Gasteiger partial charge in [-0.3, -0.25) is 4.79 Å². The molecule has 0 unspecified atom stereocenters. The fourth-order valence-electron chi connectivity index (χ4n) is 3.03. The number of aryl methyl sites for hydroxylation is 2. The van der Waals surface area contributed by atoms with Gasteiger partial charge in [0.2, 0.25) is 5.89 Å². The van der Waals surface area contributed by atoms with Crippen LogP contribution < -0.4 is 5.56 Å². The SMILES string of the molecule is Cc1cccc(Cc2noc(Cn3ccc4ccn(C)c4c3=O)n2)c1. The van der Waals surface area contributed by atoms with Gasteiger partial charge < -0.3 is 13.7 Å². The highest BCUT2D eigenvalue weighted by Gasteiger charge is 2.11. The summed E-state index contributed by atoms with van der Waals surface area (Å²) >= 11 is 0. The number of pyridine rings is 1. The Morgan fingerprint density at radius 1 is 1.16 bits per heavy atom. The summed E-state index contributed by atoms with van der Waals surface area (Å²) in [6.45, 7) is 2.32. The van der Waals surface area contributed by atoms with Crippen molar-refractivity contribution in [3.05, 3.63) is 82.0 Å². The van der Waals surface area contributed by atoms with Crippen LogP contribution >= 0.6 is 0 Å². The Balaban J connectivity index is 1.58. The molecular weight excluding hydrogens is 316 g/mol. The van der Waals surface area contributed by atoms with Crippen molar-refractivity contribution >= 4 is 10.9 Å². The zero-order valence-corrected chi connectivity index (χ0v) is 14.1. The van der Waals surface area contributed by atoms with E-state index in [1.807, 2.05) is 42.1 Å². The number of rotatable bonds is 4. The Morgan fingerprint density at radius 3 is 2.84 bits per heavy atom. The van der Waals surface area contributed by atoms with Gasteiger partial charge in [-0.2, -0.15) is 4.98 Å². The van der Waals surface area contributed by atoms with Crippen LogP contribution in [-0.4, -0.2) is 19.3 Å². The van der Waals surface area contributed by atoms with Gasteiger partial charge in [0.05, 0.1) is 0 Å². The fraction of sp³-hybridized carbons (Fsp3) is 0.211. The number of hydrogen-bond donors (Lipinski definition) is 0. The summed E-state index contributed by atoms with van der Waals surface area (Å²) in [4.78, 5) is 17.0. The van der Waals surface area contributed by atoms with Crippen LogP contribution in [0, 0.1) is 6.92 Å². The first-order valence-corrected chi connectivity index (χ1v) is 8.11. The highest BCUT2D eigenvalue weighted by Crippen LogP contribution is 2.12. The lowest BCUT2D eigenvalue weighted by atomic mass is 10.1. The molecule has 6 heteroatoms. The molecule has 0 radical (unpaired) electrons. The molecule has 6 nitrogen and oxygen atoms in total. The van der Waals surface area contributed by atoms with Crippen LogP contribution in [0.2, 0.25) is 0 Å². The maximum atomic E-state index is 12.6. The van der Waals surface area contributed by atoms with Crippen molar-refractivity contribution in [3.63, 3.8) is 0 Å². The van der Waals surface area contributed by atoms with E-state index in [9.17, 15) is 4.79 Å². The number of fused-ring (bicyclic) bond motifs is 1. The van der Waals surface area contributed by atoms with Crippen LogP contribution in [0.3, 0.4) is 0 Å². The van der Waals surface area contributed by atoms with E-state index in [1.54, 1.807) is 10.8 Å². The van der Waals surface area contributed by atoms with E-state index in [2.05, 4.69) is 29.2 Å². The van der Waals surface area contributed by atoms with Gasteiger partial charge in [-0.1, -0.05) is 35.0 Å². The Labute approximate surface area is 144 Å². The fourth-order valence-corrected chi connectivity index (χ4v) is 3.03. The van der Waals surface area contributed by atoms with Gasteiger partial charge in [-0.05, 0) is 24.6 Å². The van der Waals surface area contributed by atoms with E-state index >= 15 is 0 Å². The lowest BCUT2D eigenvalue weighted by Crippen LogP contribution is -2.21. The molecule has 0 aliphatic rings. The first kappa shape index (κ1) is 15.4. The van der Waals surface area contributed by atoms with Gasteiger partial charge in [-0.15, -0.1) is 0 Å². The average molecular weight is 334 g/mol. The molecule has 4 aromatic rings. The summed E-state index contributed by atoms with van der Waals surface area (Å²) in [7, 11) is 1.86. The second-order valence-electron chi connectivity index (χ2n) is 6.25. The monoisotopic (exact) mass is 334 g/mol. The van der Waals surface area contributed by atoms with Crippen molar-refractivity contribution in [1.29, 1.82) is 0 Å². The summed E-state index contributed by atoms with van der Waals surface area (Å²) < 4.78 is 8.74. The van der Waals surface area contributed by atoms with Crippen molar-refractivity contribution < 1.29 is 4.52 Å². The predicted molar refractivity (Wildman–Crippen MR) is 94.6 cm³/mol. The van der Waals surface area contributed by atoms with E-state index in [4.69, 9.17) is 4.52 Å². The zero-order valence-electron chi connectivity index (χ0n) is 14.1. The summed E-state index contributed by atoms with van der Waals surface area (Å²) in [6, 6.07) is 12.0. The zero-order chi connectivity index (χ0) is 17.4. The largest absolute Gasteiger partial charge is 0.346 e. The Hall–Kier alpha value is -3.15. The number of aromatic nitrogens is 4. The first-order valence-electron chi connectivity index (χ1n) is 8.11. The van der Waals surface area contributed by atoms with Gasteiger partial charge in [0.1, 0.15) is 12.1 Å². The summed E-state index contributed by atoms with van der Waals surface area (Å²) in [5, 5.41) is 4.96. The molecule has 3 heterocycles. The van der Waals surface area contributed by atoms with Crippen LogP contribution in [-0.2, 0) is 20.0 Å². The van der Waals surface area contributed by atoms with E-state index in [0.29, 0.717) is 23.7 Å². The third-order valence-electron chi connectivity index (χ3n) is 4.26. The van der Waals surface area contributed by atoms with Crippen LogP contribution in [0.1, 0.15) is 22.8 Å². The van der Waals surface area contributed by atoms with E-state index in [-0.39, 0.29) is 12.1 Å². The molecule has 0 amide bonds. The van der Waals surface area contributed by atoms with Gasteiger partial charge in [-0.25, -0.2) is 0 Å². The van der Waals surface area contributed by atoms with E-state index in [0.717, 1.165) is 10.9 Å². The van der Waals surface area contributed by atoms with Gasteiger partial charge in [0.25, 0.3) is 5.56 Å². The minimum atomic E-state index is -0.0663. The first-order chi connectivity index (χ1) is 12.1. The molecular formula is C19H18N4O2. The molecule has 3 aromatic heterocycles. The van der Waals surface area contributed by atoms with Crippen molar-refractivity contribution in [2.24, 2.45) is 7.05 Å². The normalized spacial score (nSPS) is 11.3. The molecule has 0 aliphatic carbocycles. The molecule has 126 valence electrons. The predicted octanol–water partition coefficient (Wildman–Crippen LogP) is 2.67. The van der Waals surface area contributed by atoms with Crippen molar-refractivity contribution in [2.45, 2.75) is 19.9 Å². The summed E-state index contributed by atoms with van der Waals surface area (Å²) in [5.74, 6) is 1.05. The van der Waals surface area contributed by atoms with Gasteiger partial charge in [0.15, 0.2) is 5.82 Å². The average Bonchev–Trinajstić information content (AvgIpc) is 3.17. The molecule has 25 heavy (non-hydrogen) atoms. The molecule has 0 N–H and O–H groups in total. The maximum Gasteiger partial charge on any atom is 0.275 e. The quantitative estimate of drug-likeness (QED) is 0.575. The van der Waals surface area contributed by atoms with E-state index in [1.165, 1.54) is 5.56 Å². The lowest BCUT2D eigenvalue weighted by molar-refractivity contribution is 0.365. The van der Waals surface area contributed by atoms with Gasteiger partial charge in [0, 0.05) is 31.2 Å². The Bertz CT molecular complexity index is 1100. The molecule has 4 rings (SSSR count). The maximum absolute atomic E-state index is 12.6. The van der Waals surface area contributed by atoms with Crippen LogP contribution in [0.5, 0.6) is 0 Å². The minimum absolute atomic E-state index is 0.0663. The minimum Gasteiger partial charge on any atom is -0.346 e. The third-order valence-corrected chi connectivity index (χ3v) is 4.26. The molecule has 0 saturated heterocycles. The molecule has 0 fully saturated rings. The number of hydrogen-bond acceptors (Lipinski definition) is 4. The van der Waals surface area contributed by atoms with Crippen LogP contribution in [0.15, 0.2) is 58.1 Å². The van der Waals surface area contributed by atoms with Crippen LogP contribution in [0.4, 0.5) is 0 Å². The van der Waals surface area contributed by atoms with Crippen molar-refractivity contribution in [1.82, 2.24) is 19.3 Å². The second-order valence-corrected chi connectivity index (χ2v) is 6.25. The highest BCUT2D eigenvalue weighted by atomic mass is 16.5. The molecule has 0 saturated carbocycles. The third kappa shape index (κ3) is 2.98. The molecule has 1 aromatic carbocycles. The Kier molecular flexibility index (Phi) is 3.72. The Morgan fingerprint density at radius 2 is 2.00 bits per heavy atom.